The van der Waals surface area contributed by atoms with Crippen molar-refractivity contribution in [3.63, 3.8) is 0 Å². The Bertz CT molecular complexity index is 758. The first-order chi connectivity index (χ1) is 12.3. The van der Waals surface area contributed by atoms with Gasteiger partial charge in [0.05, 0.1) is 25.0 Å². The van der Waals surface area contributed by atoms with Crippen LogP contribution in [-0.2, 0) is 24.3 Å². The van der Waals surface area contributed by atoms with Crippen molar-refractivity contribution in [2.24, 2.45) is 5.92 Å². The molecule has 9 heteroatoms. The summed E-state index contributed by atoms with van der Waals surface area (Å²) < 4.78 is 30.3. The molecule has 0 atom stereocenters. The lowest BCUT2D eigenvalue weighted by Gasteiger charge is -2.32. The number of anilines is 1. The fourth-order valence-electron chi connectivity index (χ4n) is 2.92. The van der Waals surface area contributed by atoms with Crippen molar-refractivity contribution >= 4 is 39.3 Å². The summed E-state index contributed by atoms with van der Waals surface area (Å²) in [7, 11) is -2.25. The SMILES string of the molecule is COC(=O)C1CCN(C(=O)CN(c2cccc(SC)c2)S(C)(=O)=O)CC1. The molecule has 1 amide bonds. The first-order valence-electron chi connectivity index (χ1n) is 8.23. The number of piperidine rings is 1. The molecule has 1 aromatic rings. The maximum Gasteiger partial charge on any atom is 0.308 e. The van der Waals surface area contributed by atoms with Crippen molar-refractivity contribution in [1.82, 2.24) is 4.90 Å². The number of benzene rings is 1. The van der Waals surface area contributed by atoms with Crippen molar-refractivity contribution in [3.05, 3.63) is 24.3 Å². The minimum absolute atomic E-state index is 0.201. The number of esters is 1. The summed E-state index contributed by atoms with van der Waals surface area (Å²) in [5, 5.41) is 0. The van der Waals surface area contributed by atoms with Crippen LogP contribution >= 0.6 is 11.8 Å². The monoisotopic (exact) mass is 400 g/mol. The van der Waals surface area contributed by atoms with Crippen LogP contribution in [0, 0.1) is 5.92 Å². The zero-order valence-electron chi connectivity index (χ0n) is 15.2. The fourth-order valence-corrected chi connectivity index (χ4v) is 4.21. The molecule has 1 aliphatic rings. The lowest BCUT2D eigenvalue weighted by molar-refractivity contribution is -0.148. The summed E-state index contributed by atoms with van der Waals surface area (Å²) >= 11 is 1.50. The molecule has 0 N–H and O–H groups in total. The summed E-state index contributed by atoms with van der Waals surface area (Å²) in [6.45, 7) is 0.585. The van der Waals surface area contributed by atoms with Crippen LogP contribution in [0.2, 0.25) is 0 Å². The average molecular weight is 401 g/mol. The summed E-state index contributed by atoms with van der Waals surface area (Å²) in [5.41, 5.74) is 0.470. The topological polar surface area (TPSA) is 84.0 Å². The van der Waals surface area contributed by atoms with E-state index in [0.717, 1.165) is 15.5 Å². The summed E-state index contributed by atoms with van der Waals surface area (Å²) in [5.74, 6) is -0.731. The molecule has 1 heterocycles. The van der Waals surface area contributed by atoms with Gasteiger partial charge in [-0.05, 0) is 37.3 Å². The number of likely N-dealkylation sites (tertiary alicyclic amines) is 1. The van der Waals surface area contributed by atoms with Gasteiger partial charge in [0.25, 0.3) is 0 Å². The Morgan fingerprint density at radius 1 is 1.31 bits per heavy atom. The molecule has 0 unspecified atom stereocenters. The lowest BCUT2D eigenvalue weighted by atomic mass is 9.97. The van der Waals surface area contributed by atoms with Crippen LogP contribution in [0.4, 0.5) is 5.69 Å². The maximum absolute atomic E-state index is 12.6. The normalized spacial score (nSPS) is 15.6. The number of hydrogen-bond acceptors (Lipinski definition) is 6. The van der Waals surface area contributed by atoms with Gasteiger partial charge in [0.2, 0.25) is 15.9 Å². The molecule has 0 radical (unpaired) electrons. The minimum Gasteiger partial charge on any atom is -0.469 e. The van der Waals surface area contributed by atoms with Crippen LogP contribution in [0.5, 0.6) is 0 Å². The Morgan fingerprint density at radius 3 is 2.50 bits per heavy atom. The zero-order valence-corrected chi connectivity index (χ0v) is 16.8. The molecule has 7 nitrogen and oxygen atoms in total. The number of carbonyl (C=O) groups is 2. The summed E-state index contributed by atoms with van der Waals surface area (Å²) in [6, 6.07) is 7.08. The van der Waals surface area contributed by atoms with Crippen molar-refractivity contribution in [3.8, 4) is 0 Å². The number of carbonyl (C=O) groups excluding carboxylic acids is 2. The highest BCUT2D eigenvalue weighted by Crippen LogP contribution is 2.25. The highest BCUT2D eigenvalue weighted by atomic mass is 32.2. The zero-order chi connectivity index (χ0) is 19.3. The van der Waals surface area contributed by atoms with E-state index in [1.54, 1.807) is 23.1 Å². The molecule has 26 heavy (non-hydrogen) atoms. The smallest absolute Gasteiger partial charge is 0.308 e. The number of sulfonamides is 1. The first kappa shape index (κ1) is 20.6. The molecule has 1 saturated heterocycles. The third kappa shape index (κ3) is 5.14. The second-order valence-corrected chi connectivity index (χ2v) is 8.94. The Morgan fingerprint density at radius 2 is 1.96 bits per heavy atom. The van der Waals surface area contributed by atoms with Gasteiger partial charge in [0, 0.05) is 18.0 Å². The number of ether oxygens (including phenoxy) is 1. The van der Waals surface area contributed by atoms with Crippen LogP contribution in [0.25, 0.3) is 0 Å². The predicted molar refractivity (Wildman–Crippen MR) is 102 cm³/mol. The molecular weight excluding hydrogens is 376 g/mol. The van der Waals surface area contributed by atoms with Crippen LogP contribution in [0.1, 0.15) is 12.8 Å². The Labute approximate surface area is 158 Å². The van der Waals surface area contributed by atoms with Gasteiger partial charge in [-0.3, -0.25) is 13.9 Å². The number of nitrogens with zero attached hydrogens (tertiary/aromatic N) is 2. The van der Waals surface area contributed by atoms with Gasteiger partial charge in [0.15, 0.2) is 0 Å². The molecule has 1 fully saturated rings. The van der Waals surface area contributed by atoms with Gasteiger partial charge in [-0.25, -0.2) is 8.42 Å². The van der Waals surface area contributed by atoms with Crippen molar-refractivity contribution in [2.75, 3.05) is 43.6 Å². The van der Waals surface area contributed by atoms with Gasteiger partial charge in [-0.2, -0.15) is 0 Å². The molecule has 144 valence electrons. The third-order valence-corrected chi connectivity index (χ3v) is 6.27. The Balaban J connectivity index is 2.10. The molecule has 2 rings (SSSR count). The lowest BCUT2D eigenvalue weighted by Crippen LogP contribution is -2.46. The van der Waals surface area contributed by atoms with Gasteiger partial charge in [-0.15, -0.1) is 11.8 Å². The Hall–Kier alpha value is -1.74. The molecule has 0 spiro atoms. The number of methoxy groups -OCH3 is 1. The number of hydrogen-bond donors (Lipinski definition) is 0. The standard InChI is InChI=1S/C17H24N2O5S2/c1-24-17(21)13-7-9-18(10-8-13)16(20)12-19(26(3,22)23)14-5-4-6-15(11-14)25-2/h4-6,11,13H,7-10,12H2,1-3H3. The van der Waals surface area contributed by atoms with Gasteiger partial charge >= 0.3 is 5.97 Å². The van der Waals surface area contributed by atoms with Crippen LogP contribution in [0.15, 0.2) is 29.2 Å². The molecule has 0 aliphatic carbocycles. The van der Waals surface area contributed by atoms with E-state index in [4.69, 9.17) is 4.74 Å². The first-order valence-corrected chi connectivity index (χ1v) is 11.3. The van der Waals surface area contributed by atoms with E-state index in [9.17, 15) is 18.0 Å². The quantitative estimate of drug-likeness (QED) is 0.533. The number of amides is 1. The van der Waals surface area contributed by atoms with Gasteiger partial charge < -0.3 is 9.64 Å². The number of thioether (sulfide) groups is 1. The molecular formula is C17H24N2O5S2. The van der Waals surface area contributed by atoms with Crippen LogP contribution in [-0.4, -0.2) is 64.4 Å². The predicted octanol–water partition coefficient (Wildman–Crippen LogP) is 1.59. The van der Waals surface area contributed by atoms with E-state index in [1.807, 2.05) is 12.3 Å². The van der Waals surface area contributed by atoms with Gasteiger partial charge in [-0.1, -0.05) is 6.07 Å². The largest absolute Gasteiger partial charge is 0.469 e. The van der Waals surface area contributed by atoms with Crippen LogP contribution < -0.4 is 4.31 Å². The fraction of sp³-hybridized carbons (Fsp3) is 0.529. The van der Waals surface area contributed by atoms with E-state index in [2.05, 4.69) is 0 Å². The van der Waals surface area contributed by atoms with E-state index >= 15 is 0 Å². The molecule has 1 aromatic carbocycles. The Kier molecular flexibility index (Phi) is 6.94. The van der Waals surface area contributed by atoms with E-state index < -0.39 is 10.0 Å². The van der Waals surface area contributed by atoms with Crippen LogP contribution in [0.3, 0.4) is 0 Å². The summed E-state index contributed by atoms with van der Waals surface area (Å²) in [4.78, 5) is 26.7. The third-order valence-electron chi connectivity index (χ3n) is 4.40. The molecule has 0 aromatic heterocycles. The maximum atomic E-state index is 12.6. The summed E-state index contributed by atoms with van der Waals surface area (Å²) in [6.07, 6.45) is 4.05. The second kappa shape index (κ2) is 8.77. The molecule has 1 aliphatic heterocycles. The van der Waals surface area contributed by atoms with Crippen molar-refractivity contribution in [1.29, 1.82) is 0 Å². The highest BCUT2D eigenvalue weighted by Gasteiger charge is 2.30. The molecule has 0 bridgehead atoms. The average Bonchev–Trinajstić information content (AvgIpc) is 2.64. The minimum atomic E-state index is -3.60. The highest BCUT2D eigenvalue weighted by molar-refractivity contribution is 7.98. The van der Waals surface area contributed by atoms with E-state index in [-0.39, 0.29) is 24.3 Å². The van der Waals surface area contributed by atoms with Gasteiger partial charge in [0.1, 0.15) is 6.54 Å². The molecule has 0 saturated carbocycles. The number of rotatable bonds is 6. The van der Waals surface area contributed by atoms with E-state index in [1.165, 1.54) is 18.9 Å². The van der Waals surface area contributed by atoms with E-state index in [0.29, 0.717) is 31.6 Å². The van der Waals surface area contributed by atoms with Crippen molar-refractivity contribution in [2.45, 2.75) is 17.7 Å². The second-order valence-electron chi connectivity index (χ2n) is 6.15. The van der Waals surface area contributed by atoms with Crippen molar-refractivity contribution < 1.29 is 22.7 Å².